The number of carbonyl (C=O) groups excluding carboxylic acids is 1. The molecule has 2 aromatic carbocycles. The van der Waals surface area contributed by atoms with Crippen molar-refractivity contribution in [2.45, 2.75) is 0 Å². The van der Waals surface area contributed by atoms with Crippen LogP contribution in [0.3, 0.4) is 0 Å². The van der Waals surface area contributed by atoms with Crippen LogP contribution < -0.4 is 9.64 Å². The SMILES string of the molecule is COc1nc(C(=O)N2CCN(c3ccc(F)cc3)CC2)cc2ccccc12. The summed E-state index contributed by atoms with van der Waals surface area (Å²) in [5.41, 5.74) is 1.36. The van der Waals surface area contributed by atoms with Gasteiger partial charge in [0, 0.05) is 37.3 Å². The average molecular weight is 365 g/mol. The first kappa shape index (κ1) is 17.3. The lowest BCUT2D eigenvalue weighted by atomic mass is 10.1. The molecule has 1 aliphatic heterocycles. The van der Waals surface area contributed by atoms with Crippen molar-refractivity contribution in [2.24, 2.45) is 0 Å². The Hall–Kier alpha value is -3.15. The van der Waals surface area contributed by atoms with Gasteiger partial charge in [0.2, 0.25) is 5.88 Å². The summed E-state index contributed by atoms with van der Waals surface area (Å²) in [6.07, 6.45) is 0. The molecule has 1 fully saturated rings. The van der Waals surface area contributed by atoms with E-state index in [1.807, 2.05) is 30.3 Å². The summed E-state index contributed by atoms with van der Waals surface area (Å²) >= 11 is 0. The van der Waals surface area contributed by atoms with E-state index in [0.29, 0.717) is 37.8 Å². The van der Waals surface area contributed by atoms with Crippen LogP contribution >= 0.6 is 0 Å². The molecule has 1 amide bonds. The van der Waals surface area contributed by atoms with Crippen LogP contribution in [-0.2, 0) is 0 Å². The highest BCUT2D eigenvalue weighted by Gasteiger charge is 2.24. The van der Waals surface area contributed by atoms with Crippen LogP contribution in [0, 0.1) is 5.82 Å². The minimum absolute atomic E-state index is 0.0993. The van der Waals surface area contributed by atoms with Crippen LogP contribution in [-0.4, -0.2) is 49.1 Å². The summed E-state index contributed by atoms with van der Waals surface area (Å²) < 4.78 is 18.5. The number of hydrogen-bond donors (Lipinski definition) is 0. The molecular formula is C21H20FN3O2. The first-order valence-electron chi connectivity index (χ1n) is 8.89. The summed E-state index contributed by atoms with van der Waals surface area (Å²) in [7, 11) is 1.56. The van der Waals surface area contributed by atoms with Gasteiger partial charge in [0.25, 0.3) is 5.91 Å². The molecule has 1 aromatic heterocycles. The number of anilines is 1. The smallest absolute Gasteiger partial charge is 0.272 e. The summed E-state index contributed by atoms with van der Waals surface area (Å²) in [4.78, 5) is 21.3. The number of halogens is 1. The Bertz CT molecular complexity index is 967. The highest BCUT2D eigenvalue weighted by molar-refractivity contribution is 5.98. The van der Waals surface area contributed by atoms with Gasteiger partial charge in [-0.15, -0.1) is 0 Å². The van der Waals surface area contributed by atoms with Crippen LogP contribution in [0.15, 0.2) is 54.6 Å². The van der Waals surface area contributed by atoms with Crippen molar-refractivity contribution in [3.8, 4) is 5.88 Å². The van der Waals surface area contributed by atoms with Crippen LogP contribution in [0.5, 0.6) is 5.88 Å². The van der Waals surface area contributed by atoms with E-state index < -0.39 is 0 Å². The van der Waals surface area contributed by atoms with Crippen LogP contribution in [0.25, 0.3) is 10.8 Å². The lowest BCUT2D eigenvalue weighted by Gasteiger charge is -2.36. The van der Waals surface area contributed by atoms with Gasteiger partial charge in [-0.25, -0.2) is 9.37 Å². The first-order valence-corrected chi connectivity index (χ1v) is 8.89. The predicted molar refractivity (Wildman–Crippen MR) is 103 cm³/mol. The lowest BCUT2D eigenvalue weighted by Crippen LogP contribution is -2.49. The van der Waals surface area contributed by atoms with Crippen molar-refractivity contribution in [3.05, 3.63) is 66.1 Å². The van der Waals surface area contributed by atoms with E-state index in [1.54, 1.807) is 24.1 Å². The third kappa shape index (κ3) is 3.43. The molecule has 3 aromatic rings. The number of benzene rings is 2. The third-order valence-corrected chi connectivity index (χ3v) is 4.88. The molecule has 5 nitrogen and oxygen atoms in total. The normalized spacial score (nSPS) is 14.4. The largest absolute Gasteiger partial charge is 0.481 e. The summed E-state index contributed by atoms with van der Waals surface area (Å²) in [6, 6.07) is 16.0. The Balaban J connectivity index is 1.51. The number of fused-ring (bicyclic) bond motifs is 1. The summed E-state index contributed by atoms with van der Waals surface area (Å²) in [5, 5.41) is 1.82. The van der Waals surface area contributed by atoms with Crippen molar-refractivity contribution in [1.29, 1.82) is 0 Å². The zero-order valence-electron chi connectivity index (χ0n) is 15.1. The number of nitrogens with zero attached hydrogens (tertiary/aromatic N) is 3. The van der Waals surface area contributed by atoms with Gasteiger partial charge in [0.1, 0.15) is 11.5 Å². The van der Waals surface area contributed by atoms with Crippen LogP contribution in [0.4, 0.5) is 10.1 Å². The van der Waals surface area contributed by atoms with Gasteiger partial charge in [-0.05, 0) is 41.8 Å². The third-order valence-electron chi connectivity index (χ3n) is 4.88. The number of methoxy groups -OCH3 is 1. The molecule has 0 bridgehead atoms. The predicted octanol–water partition coefficient (Wildman–Crippen LogP) is 3.34. The first-order chi connectivity index (χ1) is 13.2. The van der Waals surface area contributed by atoms with Gasteiger partial charge < -0.3 is 14.5 Å². The van der Waals surface area contributed by atoms with Gasteiger partial charge >= 0.3 is 0 Å². The van der Waals surface area contributed by atoms with Gasteiger partial charge in [-0.3, -0.25) is 4.79 Å². The van der Waals surface area contributed by atoms with E-state index in [1.165, 1.54) is 12.1 Å². The monoisotopic (exact) mass is 365 g/mol. The molecule has 138 valence electrons. The molecule has 0 spiro atoms. The molecule has 27 heavy (non-hydrogen) atoms. The van der Waals surface area contributed by atoms with Crippen molar-refractivity contribution in [1.82, 2.24) is 9.88 Å². The number of amides is 1. The minimum atomic E-state index is -0.246. The van der Waals surface area contributed by atoms with Crippen molar-refractivity contribution in [2.75, 3.05) is 38.2 Å². The number of piperazine rings is 1. The maximum Gasteiger partial charge on any atom is 0.272 e. The minimum Gasteiger partial charge on any atom is -0.481 e. The average Bonchev–Trinajstić information content (AvgIpc) is 2.73. The van der Waals surface area contributed by atoms with Gasteiger partial charge in [-0.2, -0.15) is 0 Å². The Morgan fingerprint density at radius 2 is 1.74 bits per heavy atom. The second kappa shape index (κ2) is 7.23. The molecule has 1 saturated heterocycles. The van der Waals surface area contributed by atoms with Gasteiger partial charge in [-0.1, -0.05) is 18.2 Å². The summed E-state index contributed by atoms with van der Waals surface area (Å²) in [5.74, 6) is 0.114. The van der Waals surface area contributed by atoms with E-state index in [9.17, 15) is 9.18 Å². The van der Waals surface area contributed by atoms with Crippen LogP contribution in [0.1, 0.15) is 10.5 Å². The molecule has 0 radical (unpaired) electrons. The van der Waals surface area contributed by atoms with Crippen LogP contribution in [0.2, 0.25) is 0 Å². The Kier molecular flexibility index (Phi) is 4.62. The number of pyridine rings is 1. The number of carbonyl (C=O) groups is 1. The highest BCUT2D eigenvalue weighted by Crippen LogP contribution is 2.25. The molecule has 2 heterocycles. The molecular weight excluding hydrogens is 345 g/mol. The Morgan fingerprint density at radius 3 is 2.44 bits per heavy atom. The Morgan fingerprint density at radius 1 is 1.04 bits per heavy atom. The standard InChI is InChI=1S/C21H20FN3O2/c1-27-20-18-5-3-2-4-15(18)14-19(23-20)21(26)25-12-10-24(11-13-25)17-8-6-16(22)7-9-17/h2-9,14H,10-13H2,1H3. The van der Waals surface area contributed by atoms with Gasteiger partial charge in [0.05, 0.1) is 7.11 Å². The molecule has 1 aliphatic rings. The van der Waals surface area contributed by atoms with E-state index in [4.69, 9.17) is 4.74 Å². The topological polar surface area (TPSA) is 45.7 Å². The molecule has 0 aliphatic carbocycles. The lowest BCUT2D eigenvalue weighted by molar-refractivity contribution is 0.0740. The molecule has 4 rings (SSSR count). The maximum atomic E-state index is 13.1. The van der Waals surface area contributed by atoms with Crippen molar-refractivity contribution in [3.63, 3.8) is 0 Å². The van der Waals surface area contributed by atoms with Crippen molar-refractivity contribution < 1.29 is 13.9 Å². The second-order valence-corrected chi connectivity index (χ2v) is 6.49. The molecule has 0 unspecified atom stereocenters. The van der Waals surface area contributed by atoms with Gasteiger partial charge in [0.15, 0.2) is 0 Å². The zero-order chi connectivity index (χ0) is 18.8. The fourth-order valence-corrected chi connectivity index (χ4v) is 3.41. The quantitative estimate of drug-likeness (QED) is 0.714. The Labute approximate surface area is 157 Å². The number of ether oxygens (including phenoxy) is 1. The fourth-order valence-electron chi connectivity index (χ4n) is 3.41. The fraction of sp³-hybridized carbons (Fsp3) is 0.238. The molecule has 0 saturated carbocycles. The van der Waals surface area contributed by atoms with E-state index in [2.05, 4.69) is 9.88 Å². The highest BCUT2D eigenvalue weighted by atomic mass is 19.1. The number of rotatable bonds is 3. The van der Waals surface area contributed by atoms with E-state index in [0.717, 1.165) is 16.5 Å². The van der Waals surface area contributed by atoms with E-state index in [-0.39, 0.29) is 11.7 Å². The number of hydrogen-bond acceptors (Lipinski definition) is 4. The van der Waals surface area contributed by atoms with Crippen molar-refractivity contribution >= 4 is 22.4 Å². The summed E-state index contributed by atoms with van der Waals surface area (Å²) in [6.45, 7) is 2.57. The molecule has 0 N–H and O–H groups in total. The number of aromatic nitrogens is 1. The molecule has 6 heteroatoms. The zero-order valence-corrected chi connectivity index (χ0v) is 15.1. The van der Waals surface area contributed by atoms with E-state index >= 15 is 0 Å². The maximum absolute atomic E-state index is 13.1. The molecule has 0 atom stereocenters. The second-order valence-electron chi connectivity index (χ2n) is 6.49.